The molecule has 0 bridgehead atoms. The summed E-state index contributed by atoms with van der Waals surface area (Å²) >= 11 is 13.7. The van der Waals surface area contributed by atoms with E-state index < -0.39 is 22.6 Å². The number of nitrogens with zero attached hydrogens (tertiary/aromatic N) is 6. The third-order valence-electron chi connectivity index (χ3n) is 19.9. The van der Waals surface area contributed by atoms with Gasteiger partial charge in [-0.15, -0.1) is 0 Å². The van der Waals surface area contributed by atoms with Gasteiger partial charge < -0.3 is 13.6 Å². The van der Waals surface area contributed by atoms with E-state index in [1.54, 1.807) is 12.4 Å². The summed E-state index contributed by atoms with van der Waals surface area (Å²) in [7, 11) is -4.03. The summed E-state index contributed by atoms with van der Waals surface area (Å²) < 4.78 is 5.00. The molecule has 2 fully saturated rings. The second kappa shape index (κ2) is 27.7. The number of halogens is 2. The number of carbonyl (C=O) groups is 1. The van der Waals surface area contributed by atoms with Crippen LogP contribution < -0.4 is 0 Å². The molecule has 8 aromatic rings. The number of benzene rings is 4. The monoisotopic (exact) mass is 1200 g/mol. The fourth-order valence-corrected chi connectivity index (χ4v) is 30.1. The highest BCUT2D eigenvalue weighted by Crippen LogP contribution is 2.48. The Morgan fingerprint density at radius 3 is 1.26 bits per heavy atom. The minimum absolute atomic E-state index is 0.0437. The van der Waals surface area contributed by atoms with Gasteiger partial charge in [0.2, 0.25) is 0 Å². The van der Waals surface area contributed by atoms with Crippen LogP contribution in [0.5, 0.6) is 0 Å². The number of fused-ring (bicyclic) bond motifs is 2. The average Bonchev–Trinajstić information content (AvgIpc) is 1.73. The van der Waals surface area contributed by atoms with E-state index in [0.29, 0.717) is 60.9 Å². The number of aromatic nitrogens is 4. The first kappa shape index (κ1) is 63.3. The van der Waals surface area contributed by atoms with Crippen molar-refractivity contribution in [1.82, 2.24) is 28.2 Å². The van der Waals surface area contributed by atoms with Gasteiger partial charge in [0.15, 0.2) is 22.3 Å². The molecule has 2 saturated carbocycles. The molecule has 4 aromatic heterocycles. The van der Waals surface area contributed by atoms with Crippen LogP contribution in [-0.4, -0.2) is 67.7 Å². The molecule has 84 heavy (non-hydrogen) atoms. The van der Waals surface area contributed by atoms with Crippen molar-refractivity contribution in [3.05, 3.63) is 202 Å². The van der Waals surface area contributed by atoms with Crippen LogP contribution in [0.1, 0.15) is 166 Å². The lowest BCUT2D eigenvalue weighted by Gasteiger charge is -2.44. The molecule has 446 valence electrons. The first-order chi connectivity index (χ1) is 40.3. The van der Waals surface area contributed by atoms with Crippen molar-refractivity contribution in [3.63, 3.8) is 0 Å². The highest BCUT2D eigenvalue weighted by Gasteiger charge is 2.48. The van der Waals surface area contributed by atoms with Gasteiger partial charge in [0.1, 0.15) is 11.3 Å². The molecule has 0 spiro atoms. The Bertz CT molecular complexity index is 3280. The maximum atomic E-state index is 14.3. The topological polar surface area (TPSA) is 79.4 Å². The Morgan fingerprint density at radius 2 is 0.857 bits per heavy atom. The molecule has 8 nitrogen and oxygen atoms in total. The van der Waals surface area contributed by atoms with Gasteiger partial charge in [-0.3, -0.25) is 14.6 Å². The van der Waals surface area contributed by atoms with E-state index in [-0.39, 0.29) is 17.6 Å². The number of Topliss-reactive ketones (excluding diaryl/α,β-unsaturated/α-hetero) is 1. The van der Waals surface area contributed by atoms with E-state index in [1.165, 1.54) is 22.3 Å². The Morgan fingerprint density at radius 1 is 0.500 bits per heavy atom. The predicted molar refractivity (Wildman–Crippen MR) is 358 cm³/mol. The van der Waals surface area contributed by atoms with Crippen LogP contribution in [0.2, 0.25) is 43.3 Å². The lowest BCUT2D eigenvalue weighted by Crippen LogP contribution is -2.51. The number of pyridine rings is 2. The Hall–Kier alpha value is -5.18. The summed E-state index contributed by atoms with van der Waals surface area (Å²) in [5, 5.41) is 15.0. The third-order valence-corrected chi connectivity index (χ3v) is 34.0. The van der Waals surface area contributed by atoms with E-state index >= 15 is 0 Å². The van der Waals surface area contributed by atoms with Gasteiger partial charge in [-0.2, -0.15) is 0 Å². The van der Waals surface area contributed by atoms with Crippen molar-refractivity contribution in [2.45, 2.75) is 199 Å². The Balaban J connectivity index is 0.000000202. The molecule has 1 N–H and O–H groups in total. The normalized spacial score (nSPS) is 18.2. The molecule has 4 aromatic carbocycles. The lowest BCUT2D eigenvalue weighted by atomic mass is 9.93. The summed E-state index contributed by atoms with van der Waals surface area (Å²) in [4.78, 5) is 29.2. The van der Waals surface area contributed by atoms with Gasteiger partial charge in [-0.1, -0.05) is 228 Å². The van der Waals surface area contributed by atoms with Gasteiger partial charge in [0, 0.05) is 78.5 Å². The first-order valence-electron chi connectivity index (χ1n) is 31.5. The summed E-state index contributed by atoms with van der Waals surface area (Å²) in [5.41, 5.74) is 11.9. The van der Waals surface area contributed by atoms with E-state index in [0.717, 1.165) is 92.3 Å². The molecular formula is C72H94Cl2N6O2Si2. The third kappa shape index (κ3) is 12.9. The molecule has 12 heteroatoms. The van der Waals surface area contributed by atoms with Gasteiger partial charge in [0.05, 0.1) is 16.1 Å². The summed E-state index contributed by atoms with van der Waals surface area (Å²) in [6.07, 6.45) is 13.1. The highest BCUT2D eigenvalue weighted by atomic mass is 35.5. The number of aliphatic hydroxyl groups is 1. The summed E-state index contributed by atoms with van der Waals surface area (Å²) in [6, 6.07) is 47.9. The van der Waals surface area contributed by atoms with Crippen LogP contribution >= 0.6 is 23.2 Å². The smallest absolute Gasteiger partial charge is 0.171 e. The Labute approximate surface area is 515 Å². The average molecular weight is 1200 g/mol. The standard InChI is InChI=1S/C36H48ClN3OSi.C36H46ClN3OSi/c2*1-25(2)42(26(3)4,27(5)6)40-20-19-32-34(33(37)22-38-36(32)40)35(41)30-17-18-31(21-30)39(23-28-13-9-7-10-14-28)24-29-15-11-8-12-16-29/h7-16,19-20,22,25-27,30-31,35,41H,17-18,21,23-24H2,1-6H3;7-16,19-20,22,25-27,30-31H,17-18,21,23-24H2,1-6H3/t30?,31-,35?;30?,31-/m00/s1. The molecule has 3 unspecified atom stereocenters. The molecule has 4 heterocycles. The van der Waals surface area contributed by atoms with Crippen molar-refractivity contribution in [1.29, 1.82) is 0 Å². The van der Waals surface area contributed by atoms with Crippen molar-refractivity contribution in [2.24, 2.45) is 11.8 Å². The molecular weight excluding hydrogens is 1110 g/mol. The molecule has 0 radical (unpaired) electrons. The van der Waals surface area contributed by atoms with Crippen LogP contribution in [0, 0.1) is 11.8 Å². The zero-order chi connectivity index (χ0) is 60.0. The number of hydrogen-bond donors (Lipinski definition) is 1. The first-order valence-corrected chi connectivity index (χ1v) is 36.6. The van der Waals surface area contributed by atoms with Crippen molar-refractivity contribution in [3.8, 4) is 0 Å². The maximum absolute atomic E-state index is 14.3. The molecule has 0 saturated heterocycles. The maximum Gasteiger partial charge on any atom is 0.171 e. The van der Waals surface area contributed by atoms with Crippen LogP contribution in [0.4, 0.5) is 0 Å². The van der Waals surface area contributed by atoms with Crippen LogP contribution in [-0.2, 0) is 26.2 Å². The second-order valence-electron chi connectivity index (χ2n) is 26.5. The highest BCUT2D eigenvalue weighted by molar-refractivity contribution is 6.83. The van der Waals surface area contributed by atoms with Crippen molar-refractivity contribution in [2.75, 3.05) is 0 Å². The van der Waals surface area contributed by atoms with Crippen LogP contribution in [0.3, 0.4) is 0 Å². The Kier molecular flexibility index (Phi) is 20.9. The molecule has 2 aliphatic rings. The number of aliphatic hydroxyl groups excluding tert-OH is 1. The molecule has 10 rings (SSSR count). The minimum Gasteiger partial charge on any atom is -0.388 e. The van der Waals surface area contributed by atoms with Gasteiger partial charge >= 0.3 is 0 Å². The second-order valence-corrected chi connectivity index (χ2v) is 38.8. The summed E-state index contributed by atoms with van der Waals surface area (Å²) in [5.74, 6) is 0.286. The number of rotatable bonds is 22. The largest absolute Gasteiger partial charge is 0.388 e. The number of carbonyl (C=O) groups excluding carboxylic acids is 1. The van der Waals surface area contributed by atoms with E-state index in [4.69, 9.17) is 33.2 Å². The zero-order valence-corrected chi connectivity index (χ0v) is 55.7. The predicted octanol–water partition coefficient (Wildman–Crippen LogP) is 19.4. The van der Waals surface area contributed by atoms with Crippen LogP contribution in [0.25, 0.3) is 22.1 Å². The van der Waals surface area contributed by atoms with Crippen molar-refractivity contribution >= 4 is 67.5 Å². The van der Waals surface area contributed by atoms with Gasteiger partial charge in [-0.05, 0) is 124 Å². The molecule has 2 aliphatic carbocycles. The summed E-state index contributed by atoms with van der Waals surface area (Å²) in [6.45, 7) is 31.9. The van der Waals surface area contributed by atoms with E-state index in [1.807, 2.05) is 0 Å². The number of hydrogen-bond acceptors (Lipinski definition) is 6. The zero-order valence-electron chi connectivity index (χ0n) is 52.2. The lowest BCUT2D eigenvalue weighted by molar-refractivity contribution is 0.0913. The van der Waals surface area contributed by atoms with E-state index in [2.05, 4.69) is 247 Å². The fourth-order valence-electron chi connectivity index (χ4n) is 16.5. The van der Waals surface area contributed by atoms with Gasteiger partial charge in [-0.25, -0.2) is 9.97 Å². The fraction of sp³-hybridized carbons (Fsp3) is 0.458. The molecule has 0 aliphatic heterocycles. The minimum atomic E-state index is -2.03. The van der Waals surface area contributed by atoms with Crippen LogP contribution in [0.15, 0.2) is 158 Å². The van der Waals surface area contributed by atoms with E-state index in [9.17, 15) is 9.90 Å². The quantitative estimate of drug-likeness (QED) is 0.0538. The van der Waals surface area contributed by atoms with Crippen molar-refractivity contribution < 1.29 is 9.90 Å². The molecule has 5 atom stereocenters. The number of ketones is 1. The SMILES string of the molecule is CC(C)[Si](C(C)C)(C(C)C)n1ccc2c(C(=O)C3CC[C@H](N(Cc4ccccc4)Cc4ccccc4)C3)c(Cl)cnc21.CC(C)[Si](C(C)C)(C(C)C)n1ccc2c(C(O)C3CC[C@H](N(Cc4ccccc4)Cc4ccccc4)C3)c(Cl)cnc21. The molecule has 0 amide bonds. The van der Waals surface area contributed by atoms with Gasteiger partial charge in [0.25, 0.3) is 0 Å².